The van der Waals surface area contributed by atoms with Gasteiger partial charge < -0.3 is 5.73 Å². The minimum absolute atomic E-state index is 0.634. The number of nitrogens with two attached hydrogens (primary N) is 1. The van der Waals surface area contributed by atoms with E-state index in [1.807, 2.05) is 24.3 Å². The summed E-state index contributed by atoms with van der Waals surface area (Å²) in [6, 6.07) is 6.79. The minimum atomic E-state index is -0.634. The number of urea groups is 1. The van der Waals surface area contributed by atoms with Gasteiger partial charge in [-0.2, -0.15) is 0 Å². The molecule has 17 heavy (non-hydrogen) atoms. The van der Waals surface area contributed by atoms with Crippen molar-refractivity contribution in [3.63, 3.8) is 0 Å². The van der Waals surface area contributed by atoms with Crippen LogP contribution in [0.1, 0.15) is 0 Å². The van der Waals surface area contributed by atoms with Crippen LogP contribution in [0.4, 0.5) is 10.5 Å². The van der Waals surface area contributed by atoms with Gasteiger partial charge in [-0.15, -0.1) is 0 Å². The monoisotopic (exact) mass is 229 g/mol. The summed E-state index contributed by atoms with van der Waals surface area (Å²) in [5, 5.41) is 0. The highest BCUT2D eigenvalue weighted by Gasteiger charge is 1.98. The molecule has 0 saturated carbocycles. The van der Waals surface area contributed by atoms with Crippen molar-refractivity contribution >= 4 is 11.7 Å². The fraction of sp³-hybridized carbons (Fsp3) is 0. The van der Waals surface area contributed by atoms with Crippen LogP contribution in [0.2, 0.25) is 0 Å². The highest BCUT2D eigenvalue weighted by molar-refractivity contribution is 5.73. The second-order valence-electron chi connectivity index (χ2n) is 3.32. The number of amides is 2. The number of aromatic nitrogens is 2. The summed E-state index contributed by atoms with van der Waals surface area (Å²) in [5.74, 6) is 0. The number of rotatable bonds is 3. The van der Waals surface area contributed by atoms with Crippen molar-refractivity contribution in [1.29, 1.82) is 0 Å². The second-order valence-corrected chi connectivity index (χ2v) is 3.32. The Morgan fingerprint density at radius 1 is 1.06 bits per heavy atom. The maximum absolute atomic E-state index is 10.5. The molecule has 0 aliphatic rings. The average molecular weight is 229 g/mol. The fourth-order valence-corrected chi connectivity index (χ4v) is 1.33. The summed E-state index contributed by atoms with van der Waals surface area (Å²) in [6.07, 6.45) is 4.95. The minimum Gasteiger partial charge on any atom is -0.350 e. The van der Waals surface area contributed by atoms with Crippen molar-refractivity contribution < 1.29 is 4.79 Å². The van der Waals surface area contributed by atoms with Crippen LogP contribution in [-0.2, 0) is 0 Å². The normalized spacial score (nSPS) is 9.65. The molecule has 6 nitrogen and oxygen atoms in total. The largest absolute Gasteiger partial charge is 0.350 e. The zero-order valence-electron chi connectivity index (χ0n) is 8.92. The van der Waals surface area contributed by atoms with Gasteiger partial charge in [-0.3, -0.25) is 10.9 Å². The van der Waals surface area contributed by atoms with Crippen LogP contribution in [0.3, 0.4) is 0 Å². The van der Waals surface area contributed by atoms with Crippen molar-refractivity contribution in [1.82, 2.24) is 15.4 Å². The number of anilines is 1. The van der Waals surface area contributed by atoms with E-state index in [0.717, 1.165) is 16.8 Å². The molecule has 86 valence electrons. The third-order valence-corrected chi connectivity index (χ3v) is 2.11. The van der Waals surface area contributed by atoms with E-state index in [4.69, 9.17) is 5.73 Å². The Balaban J connectivity index is 2.11. The van der Waals surface area contributed by atoms with E-state index in [2.05, 4.69) is 20.8 Å². The van der Waals surface area contributed by atoms with Gasteiger partial charge in [-0.25, -0.2) is 14.8 Å². The number of nitrogens with zero attached hydrogens (tertiary/aromatic N) is 2. The summed E-state index contributed by atoms with van der Waals surface area (Å²) in [5.41, 5.74) is 12.6. The van der Waals surface area contributed by atoms with E-state index >= 15 is 0 Å². The Labute approximate surface area is 97.9 Å². The van der Waals surface area contributed by atoms with Crippen LogP contribution in [0.5, 0.6) is 0 Å². The number of hydrazine groups is 1. The standard InChI is InChI=1S/C11H11N5O/c12-11(17)16-15-10-3-1-8(2-4-10)9-5-13-7-14-6-9/h1-7,15H,(H3,12,16,17). The molecule has 0 bridgehead atoms. The Kier molecular flexibility index (Phi) is 3.15. The van der Waals surface area contributed by atoms with E-state index in [9.17, 15) is 4.79 Å². The van der Waals surface area contributed by atoms with E-state index in [1.54, 1.807) is 12.4 Å². The van der Waals surface area contributed by atoms with Crippen LogP contribution in [0, 0.1) is 0 Å². The Bertz CT molecular complexity index is 497. The van der Waals surface area contributed by atoms with E-state index in [-0.39, 0.29) is 0 Å². The summed E-state index contributed by atoms with van der Waals surface area (Å²) >= 11 is 0. The van der Waals surface area contributed by atoms with Crippen molar-refractivity contribution in [2.45, 2.75) is 0 Å². The molecule has 6 heteroatoms. The molecule has 1 aromatic carbocycles. The topological polar surface area (TPSA) is 92.9 Å². The van der Waals surface area contributed by atoms with Crippen molar-refractivity contribution in [2.75, 3.05) is 5.43 Å². The van der Waals surface area contributed by atoms with Gasteiger partial charge in [-0.05, 0) is 17.7 Å². The quantitative estimate of drug-likeness (QED) is 0.688. The number of benzene rings is 1. The molecule has 0 saturated heterocycles. The molecule has 1 aromatic heterocycles. The van der Waals surface area contributed by atoms with Crippen LogP contribution in [-0.4, -0.2) is 16.0 Å². The Hall–Kier alpha value is -2.63. The van der Waals surface area contributed by atoms with Crippen molar-refractivity contribution in [2.24, 2.45) is 5.73 Å². The molecule has 0 unspecified atom stereocenters. The number of hydrogen-bond donors (Lipinski definition) is 3. The zero-order valence-corrected chi connectivity index (χ0v) is 8.92. The predicted molar refractivity (Wildman–Crippen MR) is 63.8 cm³/mol. The van der Waals surface area contributed by atoms with Gasteiger partial charge >= 0.3 is 6.03 Å². The van der Waals surface area contributed by atoms with E-state index in [1.165, 1.54) is 6.33 Å². The lowest BCUT2D eigenvalue weighted by atomic mass is 10.1. The number of carbonyl (C=O) groups is 1. The maximum Gasteiger partial charge on any atom is 0.330 e. The van der Waals surface area contributed by atoms with Gasteiger partial charge in [0, 0.05) is 18.0 Å². The molecule has 2 aromatic rings. The number of primary amides is 1. The number of hydrogen-bond acceptors (Lipinski definition) is 4. The molecular formula is C11H11N5O. The lowest BCUT2D eigenvalue weighted by Crippen LogP contribution is -2.34. The number of nitrogens with one attached hydrogen (secondary N) is 2. The summed E-state index contributed by atoms with van der Waals surface area (Å²) < 4.78 is 0. The summed E-state index contributed by atoms with van der Waals surface area (Å²) in [6.45, 7) is 0. The summed E-state index contributed by atoms with van der Waals surface area (Å²) in [4.78, 5) is 18.4. The average Bonchev–Trinajstić information content (AvgIpc) is 2.38. The third kappa shape index (κ3) is 2.91. The summed E-state index contributed by atoms with van der Waals surface area (Å²) in [7, 11) is 0. The smallest absolute Gasteiger partial charge is 0.330 e. The highest BCUT2D eigenvalue weighted by Crippen LogP contribution is 2.19. The first-order valence-electron chi connectivity index (χ1n) is 4.92. The molecule has 2 amide bonds. The highest BCUT2D eigenvalue weighted by atomic mass is 16.2. The van der Waals surface area contributed by atoms with Crippen molar-refractivity contribution in [3.8, 4) is 11.1 Å². The van der Waals surface area contributed by atoms with E-state index < -0.39 is 6.03 Å². The third-order valence-electron chi connectivity index (χ3n) is 2.11. The number of carbonyl (C=O) groups excluding carboxylic acids is 1. The van der Waals surface area contributed by atoms with Gasteiger partial charge in [0.05, 0.1) is 5.69 Å². The van der Waals surface area contributed by atoms with Crippen LogP contribution < -0.4 is 16.6 Å². The predicted octanol–water partition coefficient (Wildman–Crippen LogP) is 1.14. The van der Waals surface area contributed by atoms with Gasteiger partial charge in [-0.1, -0.05) is 12.1 Å². The molecule has 4 N–H and O–H groups in total. The van der Waals surface area contributed by atoms with Crippen LogP contribution in [0.25, 0.3) is 11.1 Å². The molecule has 0 aliphatic heterocycles. The Morgan fingerprint density at radius 2 is 1.71 bits per heavy atom. The molecule has 0 atom stereocenters. The first-order chi connectivity index (χ1) is 8.25. The van der Waals surface area contributed by atoms with E-state index in [0.29, 0.717) is 0 Å². The Morgan fingerprint density at radius 3 is 2.29 bits per heavy atom. The molecule has 0 aliphatic carbocycles. The molecule has 0 spiro atoms. The van der Waals surface area contributed by atoms with Gasteiger partial charge in [0.25, 0.3) is 0 Å². The fourth-order valence-electron chi connectivity index (χ4n) is 1.33. The molecule has 0 fully saturated rings. The van der Waals surface area contributed by atoms with Gasteiger partial charge in [0.2, 0.25) is 0 Å². The molecule has 2 rings (SSSR count). The van der Waals surface area contributed by atoms with Gasteiger partial charge in [0.1, 0.15) is 6.33 Å². The molecule has 0 radical (unpaired) electrons. The molecule has 1 heterocycles. The van der Waals surface area contributed by atoms with Crippen LogP contribution >= 0.6 is 0 Å². The van der Waals surface area contributed by atoms with Crippen molar-refractivity contribution in [3.05, 3.63) is 43.0 Å². The SMILES string of the molecule is NC(=O)NNc1ccc(-c2cncnc2)cc1. The second kappa shape index (κ2) is 4.93. The zero-order chi connectivity index (χ0) is 12.1. The first kappa shape index (κ1) is 10.9. The lowest BCUT2D eigenvalue weighted by Gasteiger charge is -2.06. The molecular weight excluding hydrogens is 218 g/mol. The maximum atomic E-state index is 10.5. The van der Waals surface area contributed by atoms with Gasteiger partial charge in [0.15, 0.2) is 0 Å². The lowest BCUT2D eigenvalue weighted by molar-refractivity contribution is 0.250. The first-order valence-corrected chi connectivity index (χ1v) is 4.92. The van der Waals surface area contributed by atoms with Crippen LogP contribution in [0.15, 0.2) is 43.0 Å².